The Bertz CT molecular complexity index is 1640. The van der Waals surface area contributed by atoms with Crippen LogP contribution in [0.15, 0.2) is 60.2 Å². The Kier molecular flexibility index (Phi) is 5.82. The SMILES string of the molecule is CN1C[C@@H](c2ccc([N+](=O)[O-])cc2)[C@@]2(C[C@H]3[C@@H]4CC=C5C[C@@H](O)CC[C@]5(C)[C@H]4CC[C@]3(C)C2=O)[C@@]12C(=O)Nc1ccccc12. The minimum atomic E-state index is -1.17. The molecule has 230 valence electrons. The van der Waals surface area contributed by atoms with Crippen LogP contribution < -0.4 is 5.32 Å². The quantitative estimate of drug-likeness (QED) is 0.252. The molecule has 44 heavy (non-hydrogen) atoms. The molecule has 2 aromatic carbocycles. The fourth-order valence-electron chi connectivity index (χ4n) is 11.6. The number of hydrogen-bond acceptors (Lipinski definition) is 6. The number of aliphatic hydroxyl groups excluding tert-OH is 1. The zero-order valence-corrected chi connectivity index (χ0v) is 25.7. The third-order valence-electron chi connectivity index (χ3n) is 13.6. The monoisotopic (exact) mass is 595 g/mol. The van der Waals surface area contributed by atoms with Crippen LogP contribution in [0.1, 0.15) is 75.8 Å². The summed E-state index contributed by atoms with van der Waals surface area (Å²) in [6.07, 6.45) is 7.92. The Morgan fingerprint density at radius 1 is 1.00 bits per heavy atom. The van der Waals surface area contributed by atoms with Gasteiger partial charge in [-0.25, -0.2) is 0 Å². The number of nitro groups is 1. The van der Waals surface area contributed by atoms with Gasteiger partial charge < -0.3 is 10.4 Å². The summed E-state index contributed by atoms with van der Waals surface area (Å²) in [6, 6.07) is 14.5. The fourth-order valence-corrected chi connectivity index (χ4v) is 11.6. The van der Waals surface area contributed by atoms with Gasteiger partial charge in [-0.1, -0.05) is 55.8 Å². The Morgan fingerprint density at radius 2 is 1.73 bits per heavy atom. The summed E-state index contributed by atoms with van der Waals surface area (Å²) >= 11 is 0. The Hall–Kier alpha value is -3.36. The molecule has 0 bridgehead atoms. The predicted octanol–water partition coefficient (Wildman–Crippen LogP) is 5.96. The molecule has 9 atom stereocenters. The number of carbonyl (C=O) groups is 2. The molecule has 2 spiro atoms. The number of nitrogens with zero attached hydrogens (tertiary/aromatic N) is 2. The summed E-state index contributed by atoms with van der Waals surface area (Å²) in [5.41, 5.74) is 1.17. The van der Waals surface area contributed by atoms with Crippen LogP contribution in [0.4, 0.5) is 11.4 Å². The number of allylic oxidation sites excluding steroid dienone is 1. The van der Waals surface area contributed by atoms with Crippen molar-refractivity contribution in [3.8, 4) is 0 Å². The minimum absolute atomic E-state index is 0.0182. The number of nitro benzene ring substituents is 1. The molecular weight excluding hydrogens is 554 g/mol. The molecule has 2 aromatic rings. The Morgan fingerprint density at radius 3 is 2.48 bits per heavy atom. The van der Waals surface area contributed by atoms with E-state index < -0.39 is 21.3 Å². The van der Waals surface area contributed by atoms with E-state index in [2.05, 4.69) is 30.1 Å². The topological polar surface area (TPSA) is 113 Å². The predicted molar refractivity (Wildman–Crippen MR) is 166 cm³/mol. The number of Topliss-reactive ketones (excluding diaryl/α,β-unsaturated/α-hetero) is 1. The van der Waals surface area contributed by atoms with E-state index in [9.17, 15) is 20.0 Å². The second-order valence-electron chi connectivity index (χ2n) is 15.1. The van der Waals surface area contributed by atoms with Crippen molar-refractivity contribution in [2.24, 2.45) is 34.0 Å². The molecule has 4 aliphatic carbocycles. The first-order valence-electron chi connectivity index (χ1n) is 16.3. The summed E-state index contributed by atoms with van der Waals surface area (Å²) in [5, 5.41) is 25.2. The molecule has 2 aliphatic heterocycles. The van der Waals surface area contributed by atoms with Gasteiger partial charge >= 0.3 is 0 Å². The molecule has 1 amide bonds. The maximum absolute atomic E-state index is 15.6. The number of amides is 1. The lowest BCUT2D eigenvalue weighted by molar-refractivity contribution is -0.384. The summed E-state index contributed by atoms with van der Waals surface area (Å²) in [5.74, 6) is 0.618. The largest absolute Gasteiger partial charge is 0.393 e. The number of benzene rings is 2. The highest BCUT2D eigenvalue weighted by molar-refractivity contribution is 6.12. The van der Waals surface area contributed by atoms with Crippen molar-refractivity contribution in [3.05, 3.63) is 81.4 Å². The number of hydrogen-bond donors (Lipinski definition) is 2. The molecule has 6 aliphatic rings. The van der Waals surface area contributed by atoms with E-state index in [1.807, 2.05) is 31.3 Å². The van der Waals surface area contributed by atoms with Crippen molar-refractivity contribution < 1.29 is 19.6 Å². The summed E-state index contributed by atoms with van der Waals surface area (Å²) < 4.78 is 0. The Balaban J connectivity index is 1.32. The molecule has 8 nitrogen and oxygen atoms in total. The molecule has 2 heterocycles. The summed E-state index contributed by atoms with van der Waals surface area (Å²) in [4.78, 5) is 43.4. The van der Waals surface area contributed by atoms with Crippen LogP contribution in [0.25, 0.3) is 0 Å². The molecule has 8 rings (SSSR count). The van der Waals surface area contributed by atoms with Crippen LogP contribution in [0.5, 0.6) is 0 Å². The van der Waals surface area contributed by atoms with Crippen LogP contribution in [0.2, 0.25) is 0 Å². The van der Waals surface area contributed by atoms with E-state index in [0.717, 1.165) is 55.3 Å². The standard InChI is InChI=1S/C36H41N3O5/c1-33-16-14-24(40)18-22(33)10-13-25-26(33)15-17-34(2)28(25)19-35(31(34)41)29(21-8-11-23(12-9-21)39(43)44)20-38(3)36(35)27-6-4-5-7-30(27)37-32(36)42/h4-12,24-26,28-29,40H,13-20H2,1-3H3,(H,37,42)/t24-,25+,26-,28-,29-,33-,34-,35+,36+/m0/s1. The molecule has 0 aromatic heterocycles. The molecule has 4 fully saturated rings. The minimum Gasteiger partial charge on any atom is -0.393 e. The highest BCUT2D eigenvalue weighted by Crippen LogP contribution is 2.75. The maximum atomic E-state index is 15.6. The third kappa shape index (κ3) is 3.21. The van der Waals surface area contributed by atoms with E-state index >= 15 is 4.79 Å². The average molecular weight is 596 g/mol. The highest BCUT2D eigenvalue weighted by Gasteiger charge is 2.80. The van der Waals surface area contributed by atoms with Crippen molar-refractivity contribution in [2.75, 3.05) is 18.9 Å². The van der Waals surface area contributed by atoms with E-state index in [1.54, 1.807) is 12.1 Å². The smallest absolute Gasteiger partial charge is 0.269 e. The number of likely N-dealkylation sites (tertiary alicyclic amines) is 1. The van der Waals surface area contributed by atoms with Gasteiger partial charge in [0.25, 0.3) is 11.6 Å². The van der Waals surface area contributed by atoms with E-state index in [1.165, 1.54) is 17.7 Å². The normalized spacial score (nSPS) is 42.5. The molecule has 0 unspecified atom stereocenters. The van der Waals surface area contributed by atoms with Gasteiger partial charge in [-0.15, -0.1) is 0 Å². The van der Waals surface area contributed by atoms with Crippen LogP contribution in [0, 0.1) is 44.1 Å². The second kappa shape index (κ2) is 9.10. The van der Waals surface area contributed by atoms with Crippen LogP contribution in [-0.2, 0) is 15.1 Å². The van der Waals surface area contributed by atoms with E-state index in [4.69, 9.17) is 0 Å². The lowest BCUT2D eigenvalue weighted by Crippen LogP contribution is -2.58. The fraction of sp³-hybridized carbons (Fsp3) is 0.556. The van der Waals surface area contributed by atoms with Crippen molar-refractivity contribution in [2.45, 2.75) is 76.4 Å². The van der Waals surface area contributed by atoms with Gasteiger partial charge in [0.05, 0.1) is 16.4 Å². The molecule has 1 saturated heterocycles. The zero-order chi connectivity index (χ0) is 30.8. The molecule has 3 saturated carbocycles. The number of aliphatic hydroxyl groups is 1. The van der Waals surface area contributed by atoms with Crippen molar-refractivity contribution in [3.63, 3.8) is 0 Å². The zero-order valence-electron chi connectivity index (χ0n) is 25.7. The number of carbonyl (C=O) groups excluding carboxylic acids is 2. The Labute approximate surface area is 258 Å². The van der Waals surface area contributed by atoms with Gasteiger partial charge in [-0.3, -0.25) is 24.6 Å². The number of rotatable bonds is 2. The third-order valence-corrected chi connectivity index (χ3v) is 13.6. The van der Waals surface area contributed by atoms with E-state index in [-0.39, 0.29) is 40.7 Å². The van der Waals surface area contributed by atoms with Gasteiger partial charge in [0.2, 0.25) is 0 Å². The number of fused-ring (bicyclic) bond motifs is 8. The highest BCUT2D eigenvalue weighted by atomic mass is 16.6. The van der Waals surface area contributed by atoms with Gasteiger partial charge in [0.15, 0.2) is 0 Å². The summed E-state index contributed by atoms with van der Waals surface area (Å²) in [6.45, 7) is 5.07. The van der Waals surface area contributed by atoms with Crippen LogP contribution in [-0.4, -0.2) is 46.3 Å². The van der Waals surface area contributed by atoms with Crippen molar-refractivity contribution in [1.29, 1.82) is 0 Å². The average Bonchev–Trinajstić information content (AvgIpc) is 3.55. The van der Waals surface area contributed by atoms with Crippen LogP contribution >= 0.6 is 0 Å². The lowest BCUT2D eigenvalue weighted by atomic mass is 9.48. The van der Waals surface area contributed by atoms with Gasteiger partial charge in [-0.2, -0.15) is 0 Å². The molecular formula is C36H41N3O5. The number of nitrogens with one attached hydrogen (secondary N) is 1. The second-order valence-corrected chi connectivity index (χ2v) is 15.1. The number of likely N-dealkylation sites (N-methyl/N-ethyl adjacent to an activating group) is 1. The first-order chi connectivity index (χ1) is 21.0. The van der Waals surface area contributed by atoms with Crippen LogP contribution in [0.3, 0.4) is 0 Å². The number of ketones is 1. The van der Waals surface area contributed by atoms with Crippen molar-refractivity contribution in [1.82, 2.24) is 4.90 Å². The summed E-state index contributed by atoms with van der Waals surface area (Å²) in [7, 11) is 1.97. The first kappa shape index (κ1) is 28.1. The molecule has 2 N–H and O–H groups in total. The number of non-ortho nitro benzene ring substituents is 1. The number of para-hydroxylation sites is 1. The van der Waals surface area contributed by atoms with E-state index in [0.29, 0.717) is 24.8 Å². The number of anilines is 1. The molecule has 8 heteroatoms. The maximum Gasteiger partial charge on any atom is 0.269 e. The van der Waals surface area contributed by atoms with Gasteiger partial charge in [0, 0.05) is 41.3 Å². The van der Waals surface area contributed by atoms with Crippen molar-refractivity contribution >= 4 is 23.1 Å². The van der Waals surface area contributed by atoms with Gasteiger partial charge in [0.1, 0.15) is 11.3 Å². The molecule has 0 radical (unpaired) electrons. The first-order valence-corrected chi connectivity index (χ1v) is 16.3. The van der Waals surface area contributed by atoms with Gasteiger partial charge in [-0.05, 0) is 86.8 Å². The lowest BCUT2D eigenvalue weighted by Gasteiger charge is -2.56.